The number of aromatic nitrogens is 5. The molecule has 1 aliphatic rings. The zero-order valence-electron chi connectivity index (χ0n) is 14.9. The van der Waals surface area contributed by atoms with E-state index in [0.29, 0.717) is 5.82 Å². The van der Waals surface area contributed by atoms with E-state index in [9.17, 15) is 22.0 Å². The van der Waals surface area contributed by atoms with Crippen LogP contribution in [0, 0.1) is 6.92 Å². The summed E-state index contributed by atoms with van der Waals surface area (Å²) in [6.07, 6.45) is 1.91. The van der Waals surface area contributed by atoms with Crippen LogP contribution in [0.3, 0.4) is 0 Å². The number of aryl methyl sites for hydroxylation is 2. The maximum absolute atomic E-state index is 14.0. The lowest BCUT2D eigenvalue weighted by molar-refractivity contribution is 0.0168. The quantitative estimate of drug-likeness (QED) is 0.738. The monoisotopic (exact) mass is 403 g/mol. The Morgan fingerprint density at radius 2 is 2.11 bits per heavy atom. The maximum Gasteiger partial charge on any atom is 0.273 e. The van der Waals surface area contributed by atoms with Crippen molar-refractivity contribution in [1.82, 2.24) is 34.2 Å². The van der Waals surface area contributed by atoms with Gasteiger partial charge in [0.05, 0.1) is 25.3 Å². The van der Waals surface area contributed by atoms with Gasteiger partial charge in [-0.25, -0.2) is 22.2 Å². The molecule has 0 spiro atoms. The fourth-order valence-electron chi connectivity index (χ4n) is 2.91. The Bertz CT molecular complexity index is 950. The van der Waals surface area contributed by atoms with Crippen LogP contribution in [0.5, 0.6) is 0 Å². The molecule has 27 heavy (non-hydrogen) atoms. The van der Waals surface area contributed by atoms with Crippen molar-refractivity contribution in [2.24, 2.45) is 7.05 Å². The first kappa shape index (κ1) is 19.4. The molecule has 1 fully saturated rings. The van der Waals surface area contributed by atoms with Crippen LogP contribution in [-0.2, 0) is 23.6 Å². The topological polar surface area (TPSA) is 115 Å². The second-order valence-electron chi connectivity index (χ2n) is 6.41. The van der Waals surface area contributed by atoms with Crippen molar-refractivity contribution in [3.63, 3.8) is 0 Å². The second-order valence-corrected chi connectivity index (χ2v) is 8.24. The first-order valence-electron chi connectivity index (χ1n) is 8.05. The Kier molecular flexibility index (Phi) is 4.76. The van der Waals surface area contributed by atoms with Crippen LogP contribution in [-0.4, -0.2) is 68.7 Å². The molecule has 0 bridgehead atoms. The number of amides is 1. The molecular formula is C14H19F2N7O3S. The normalized spacial score (nSPS) is 20.1. The van der Waals surface area contributed by atoms with Gasteiger partial charge in [-0.2, -0.15) is 4.31 Å². The molecule has 13 heteroatoms. The van der Waals surface area contributed by atoms with Crippen LogP contribution < -0.4 is 5.32 Å². The molecule has 148 valence electrons. The van der Waals surface area contributed by atoms with Gasteiger partial charge < -0.3 is 9.88 Å². The van der Waals surface area contributed by atoms with Crippen LogP contribution in [0.25, 0.3) is 0 Å². The largest absolute Gasteiger partial charge is 0.354 e. The Hall–Kier alpha value is -2.41. The van der Waals surface area contributed by atoms with E-state index in [4.69, 9.17) is 0 Å². The van der Waals surface area contributed by atoms with Gasteiger partial charge in [-0.05, 0) is 6.92 Å². The fourth-order valence-corrected chi connectivity index (χ4v) is 4.58. The van der Waals surface area contributed by atoms with E-state index in [2.05, 4.69) is 20.6 Å². The number of imidazole rings is 1. The van der Waals surface area contributed by atoms with Gasteiger partial charge in [-0.3, -0.25) is 9.48 Å². The van der Waals surface area contributed by atoms with E-state index in [1.54, 1.807) is 14.0 Å². The molecule has 10 nitrogen and oxygen atoms in total. The van der Waals surface area contributed by atoms with Gasteiger partial charge in [0, 0.05) is 26.7 Å². The number of sulfonamides is 1. The van der Waals surface area contributed by atoms with Gasteiger partial charge in [0.15, 0.2) is 10.7 Å². The Labute approximate surface area is 154 Å². The highest BCUT2D eigenvalue weighted by atomic mass is 32.2. The van der Waals surface area contributed by atoms with Crippen molar-refractivity contribution in [2.75, 3.05) is 13.6 Å². The average molecular weight is 403 g/mol. The molecule has 0 radical (unpaired) electrons. The number of rotatable bonds is 5. The van der Waals surface area contributed by atoms with Crippen molar-refractivity contribution in [2.45, 2.75) is 36.9 Å². The summed E-state index contributed by atoms with van der Waals surface area (Å²) >= 11 is 0. The molecule has 0 aliphatic carbocycles. The minimum Gasteiger partial charge on any atom is -0.354 e. The molecule has 0 saturated carbocycles. The van der Waals surface area contributed by atoms with E-state index in [1.165, 1.54) is 28.7 Å². The summed E-state index contributed by atoms with van der Waals surface area (Å²) in [5.41, 5.74) is 0.0111. The summed E-state index contributed by atoms with van der Waals surface area (Å²) in [6.45, 7) is 0.516. The van der Waals surface area contributed by atoms with Crippen LogP contribution in [0.2, 0.25) is 0 Å². The minimum atomic E-state index is -4.21. The third kappa shape index (κ3) is 3.69. The van der Waals surface area contributed by atoms with E-state index in [1.807, 2.05) is 0 Å². The lowest BCUT2D eigenvalue weighted by atomic mass is 10.2. The van der Waals surface area contributed by atoms with Gasteiger partial charge in [0.25, 0.3) is 21.9 Å². The van der Waals surface area contributed by atoms with E-state index >= 15 is 0 Å². The lowest BCUT2D eigenvalue weighted by Gasteiger charge is -2.21. The number of carbonyl (C=O) groups is 1. The van der Waals surface area contributed by atoms with Crippen LogP contribution >= 0.6 is 0 Å². The Balaban J connectivity index is 1.89. The SMILES string of the molecule is CNC(=O)c1cn(C[C@@H]2CC(F)(F)CN2S(=O)(=O)c2cn(C)c(C)n2)nn1. The van der Waals surface area contributed by atoms with Gasteiger partial charge in [-0.1, -0.05) is 5.21 Å². The van der Waals surface area contributed by atoms with Crippen molar-refractivity contribution in [1.29, 1.82) is 0 Å². The van der Waals surface area contributed by atoms with Gasteiger partial charge in [0.2, 0.25) is 0 Å². The summed E-state index contributed by atoms with van der Waals surface area (Å²) in [5, 5.41) is 9.47. The number of halogens is 2. The highest BCUT2D eigenvalue weighted by Crippen LogP contribution is 2.36. The van der Waals surface area contributed by atoms with Crippen molar-refractivity contribution < 1.29 is 22.0 Å². The fraction of sp³-hybridized carbons (Fsp3) is 0.571. The molecule has 3 heterocycles. The third-order valence-corrected chi connectivity index (χ3v) is 6.15. The highest BCUT2D eigenvalue weighted by molar-refractivity contribution is 7.89. The molecule has 1 aliphatic heterocycles. The molecule has 1 saturated heterocycles. The Morgan fingerprint density at radius 1 is 1.41 bits per heavy atom. The summed E-state index contributed by atoms with van der Waals surface area (Å²) in [5.74, 6) is -3.21. The molecule has 1 N–H and O–H groups in total. The summed E-state index contributed by atoms with van der Waals surface area (Å²) in [4.78, 5) is 15.5. The predicted octanol–water partition coefficient (Wildman–Crippen LogP) is -0.222. The highest BCUT2D eigenvalue weighted by Gasteiger charge is 2.50. The number of nitrogens with one attached hydrogen (secondary N) is 1. The van der Waals surface area contributed by atoms with E-state index in [-0.39, 0.29) is 17.3 Å². The van der Waals surface area contributed by atoms with E-state index in [0.717, 1.165) is 4.31 Å². The molecule has 0 unspecified atom stereocenters. The minimum absolute atomic E-state index is 0.0111. The number of nitrogens with zero attached hydrogens (tertiary/aromatic N) is 6. The first-order valence-corrected chi connectivity index (χ1v) is 9.49. The van der Waals surface area contributed by atoms with E-state index < -0.39 is 40.9 Å². The second kappa shape index (κ2) is 6.64. The maximum atomic E-state index is 14.0. The summed E-state index contributed by atoms with van der Waals surface area (Å²) < 4.78 is 57.2. The lowest BCUT2D eigenvalue weighted by Crippen LogP contribution is -2.39. The van der Waals surface area contributed by atoms with Gasteiger partial charge in [0.1, 0.15) is 5.82 Å². The standard InChI is InChI=1S/C14H19F2N7O3S/c1-9-18-12(7-21(9)3)27(25,26)23-8-14(15,16)4-10(23)5-22-6-11(19-20-22)13(24)17-2/h6-7,10H,4-5,8H2,1-3H3,(H,17,24)/t10-/m0/s1. The van der Waals surface area contributed by atoms with Gasteiger partial charge >= 0.3 is 0 Å². The van der Waals surface area contributed by atoms with Crippen LogP contribution in [0.1, 0.15) is 22.7 Å². The molecule has 2 aromatic rings. The molecular weight excluding hydrogens is 384 g/mol. The number of hydrogen-bond donors (Lipinski definition) is 1. The Morgan fingerprint density at radius 3 is 2.70 bits per heavy atom. The number of hydrogen-bond acceptors (Lipinski definition) is 6. The zero-order chi connectivity index (χ0) is 20.0. The van der Waals surface area contributed by atoms with Crippen LogP contribution in [0.15, 0.2) is 17.4 Å². The van der Waals surface area contributed by atoms with Crippen molar-refractivity contribution >= 4 is 15.9 Å². The number of carbonyl (C=O) groups excluding carboxylic acids is 1. The average Bonchev–Trinajstić information content (AvgIpc) is 3.26. The number of alkyl halides is 2. The zero-order valence-corrected chi connectivity index (χ0v) is 15.7. The summed E-state index contributed by atoms with van der Waals surface area (Å²) in [7, 11) is -1.18. The van der Waals surface area contributed by atoms with Gasteiger partial charge in [-0.15, -0.1) is 5.10 Å². The molecule has 1 amide bonds. The molecule has 2 aromatic heterocycles. The summed E-state index contributed by atoms with van der Waals surface area (Å²) in [6, 6.07) is -1.05. The predicted molar refractivity (Wildman–Crippen MR) is 88.6 cm³/mol. The third-order valence-electron chi connectivity index (χ3n) is 4.38. The molecule has 3 rings (SSSR count). The smallest absolute Gasteiger partial charge is 0.273 e. The molecule has 0 aromatic carbocycles. The van der Waals surface area contributed by atoms with Crippen LogP contribution in [0.4, 0.5) is 8.78 Å². The molecule has 1 atom stereocenters. The first-order chi connectivity index (χ1) is 12.5. The van der Waals surface area contributed by atoms with Crippen molar-refractivity contribution in [3.05, 3.63) is 23.9 Å². The van der Waals surface area contributed by atoms with Crippen molar-refractivity contribution in [3.8, 4) is 0 Å².